The van der Waals surface area contributed by atoms with Crippen molar-refractivity contribution < 1.29 is 9.47 Å². The normalized spacial score (nSPS) is 19.5. The first kappa shape index (κ1) is 16.1. The number of benzene rings is 1. The highest BCUT2D eigenvalue weighted by Gasteiger charge is 2.20. The second-order valence-corrected chi connectivity index (χ2v) is 5.54. The standard InChI is InChI=1S/C16H27N3O2/c1-18-10-11-21-16(12-18)13-19(9-3-8-17)14-4-6-15(20-2)7-5-14/h4-7,16H,3,8-13,17H2,1-2H3. The van der Waals surface area contributed by atoms with Gasteiger partial charge in [0.15, 0.2) is 0 Å². The summed E-state index contributed by atoms with van der Waals surface area (Å²) >= 11 is 0. The third-order valence-corrected chi connectivity index (χ3v) is 3.84. The summed E-state index contributed by atoms with van der Waals surface area (Å²) in [5.74, 6) is 0.881. The summed E-state index contributed by atoms with van der Waals surface area (Å²) in [6.07, 6.45) is 1.23. The van der Waals surface area contributed by atoms with Crippen LogP contribution in [0.2, 0.25) is 0 Å². The fraction of sp³-hybridized carbons (Fsp3) is 0.625. The van der Waals surface area contributed by atoms with Crippen molar-refractivity contribution in [2.75, 3.05) is 58.4 Å². The second kappa shape index (κ2) is 8.22. The van der Waals surface area contributed by atoms with Gasteiger partial charge in [-0.25, -0.2) is 0 Å². The summed E-state index contributed by atoms with van der Waals surface area (Å²) < 4.78 is 11.1. The lowest BCUT2D eigenvalue weighted by Gasteiger charge is -2.35. The van der Waals surface area contributed by atoms with E-state index in [1.54, 1.807) is 7.11 Å². The Balaban J connectivity index is 2.01. The number of hydrogen-bond acceptors (Lipinski definition) is 5. The largest absolute Gasteiger partial charge is 0.497 e. The molecule has 5 nitrogen and oxygen atoms in total. The van der Waals surface area contributed by atoms with Crippen molar-refractivity contribution in [2.24, 2.45) is 5.73 Å². The van der Waals surface area contributed by atoms with E-state index in [4.69, 9.17) is 15.2 Å². The van der Waals surface area contributed by atoms with Crippen LogP contribution >= 0.6 is 0 Å². The van der Waals surface area contributed by atoms with E-state index in [0.717, 1.165) is 45.0 Å². The van der Waals surface area contributed by atoms with Crippen LogP contribution in [0.5, 0.6) is 5.75 Å². The Morgan fingerprint density at radius 1 is 1.38 bits per heavy atom. The molecule has 1 unspecified atom stereocenters. The zero-order chi connectivity index (χ0) is 15.1. The fourth-order valence-electron chi connectivity index (χ4n) is 2.62. The molecule has 2 N–H and O–H groups in total. The van der Waals surface area contributed by atoms with Gasteiger partial charge < -0.3 is 25.0 Å². The number of ether oxygens (including phenoxy) is 2. The Morgan fingerprint density at radius 2 is 2.14 bits per heavy atom. The van der Waals surface area contributed by atoms with Gasteiger partial charge in [0.1, 0.15) is 5.75 Å². The molecule has 1 atom stereocenters. The Morgan fingerprint density at radius 3 is 2.76 bits per heavy atom. The third-order valence-electron chi connectivity index (χ3n) is 3.84. The Kier molecular flexibility index (Phi) is 6.29. The summed E-state index contributed by atoms with van der Waals surface area (Å²) in [6, 6.07) is 8.20. The van der Waals surface area contributed by atoms with Crippen molar-refractivity contribution in [2.45, 2.75) is 12.5 Å². The molecule has 0 bridgehead atoms. The van der Waals surface area contributed by atoms with Gasteiger partial charge in [0.2, 0.25) is 0 Å². The maximum Gasteiger partial charge on any atom is 0.119 e. The molecule has 1 heterocycles. The van der Waals surface area contributed by atoms with Crippen molar-refractivity contribution in [3.05, 3.63) is 24.3 Å². The van der Waals surface area contributed by atoms with Crippen LogP contribution in [0.3, 0.4) is 0 Å². The van der Waals surface area contributed by atoms with E-state index in [2.05, 4.69) is 29.0 Å². The molecule has 1 fully saturated rings. The third kappa shape index (κ3) is 4.88. The van der Waals surface area contributed by atoms with Crippen molar-refractivity contribution in [3.8, 4) is 5.75 Å². The number of rotatable bonds is 7. The van der Waals surface area contributed by atoms with Crippen molar-refractivity contribution in [3.63, 3.8) is 0 Å². The quantitative estimate of drug-likeness (QED) is 0.818. The molecule has 0 aliphatic carbocycles. The van der Waals surface area contributed by atoms with E-state index in [0.29, 0.717) is 6.54 Å². The van der Waals surface area contributed by atoms with Gasteiger partial charge in [-0.2, -0.15) is 0 Å². The topological polar surface area (TPSA) is 51.0 Å². The van der Waals surface area contributed by atoms with E-state index in [1.165, 1.54) is 5.69 Å². The second-order valence-electron chi connectivity index (χ2n) is 5.54. The molecule has 1 aromatic rings. The molecule has 0 radical (unpaired) electrons. The van der Waals surface area contributed by atoms with E-state index < -0.39 is 0 Å². The monoisotopic (exact) mass is 293 g/mol. The molecule has 2 rings (SSSR count). The smallest absolute Gasteiger partial charge is 0.119 e. The van der Waals surface area contributed by atoms with Crippen LogP contribution in [-0.4, -0.2) is 64.5 Å². The number of hydrogen-bond donors (Lipinski definition) is 1. The summed E-state index contributed by atoms with van der Waals surface area (Å²) in [4.78, 5) is 4.68. The van der Waals surface area contributed by atoms with Crippen LogP contribution in [-0.2, 0) is 4.74 Å². The lowest BCUT2D eigenvalue weighted by atomic mass is 10.2. The molecular formula is C16H27N3O2. The molecule has 1 aliphatic heterocycles. The predicted molar refractivity (Wildman–Crippen MR) is 86.1 cm³/mol. The van der Waals surface area contributed by atoms with E-state index in [1.807, 2.05) is 12.1 Å². The van der Waals surface area contributed by atoms with E-state index in [-0.39, 0.29) is 6.10 Å². The summed E-state index contributed by atoms with van der Waals surface area (Å²) in [5, 5.41) is 0. The first-order valence-electron chi connectivity index (χ1n) is 7.62. The molecule has 21 heavy (non-hydrogen) atoms. The summed E-state index contributed by atoms with van der Waals surface area (Å²) in [6.45, 7) is 5.37. The van der Waals surface area contributed by atoms with Gasteiger partial charge in [0.05, 0.1) is 19.8 Å². The minimum absolute atomic E-state index is 0.253. The molecule has 1 aliphatic rings. The Bertz CT molecular complexity index is 410. The maximum atomic E-state index is 5.89. The Labute approximate surface area is 127 Å². The lowest BCUT2D eigenvalue weighted by molar-refractivity contribution is -0.0147. The highest BCUT2D eigenvalue weighted by molar-refractivity contribution is 5.49. The van der Waals surface area contributed by atoms with Gasteiger partial charge in [0.25, 0.3) is 0 Å². The average molecular weight is 293 g/mol. The maximum absolute atomic E-state index is 5.89. The van der Waals surface area contributed by atoms with Crippen molar-refractivity contribution >= 4 is 5.69 Å². The molecule has 1 saturated heterocycles. The first-order valence-corrected chi connectivity index (χ1v) is 7.62. The first-order chi connectivity index (χ1) is 10.2. The summed E-state index contributed by atoms with van der Waals surface area (Å²) in [5.41, 5.74) is 6.87. The minimum atomic E-state index is 0.253. The lowest BCUT2D eigenvalue weighted by Crippen LogP contribution is -2.46. The summed E-state index contributed by atoms with van der Waals surface area (Å²) in [7, 11) is 3.83. The van der Waals surface area contributed by atoms with Crippen LogP contribution in [0.25, 0.3) is 0 Å². The highest BCUT2D eigenvalue weighted by atomic mass is 16.5. The van der Waals surface area contributed by atoms with Crippen LogP contribution in [0, 0.1) is 0 Å². The van der Waals surface area contributed by atoms with Crippen LogP contribution in [0.4, 0.5) is 5.69 Å². The Hall–Kier alpha value is -1.30. The molecular weight excluding hydrogens is 266 g/mol. The SMILES string of the molecule is COc1ccc(N(CCCN)CC2CN(C)CCO2)cc1. The number of morpholine rings is 1. The number of nitrogens with two attached hydrogens (primary N) is 1. The van der Waals surface area contributed by atoms with Gasteiger partial charge in [0, 0.05) is 31.9 Å². The van der Waals surface area contributed by atoms with Crippen molar-refractivity contribution in [1.29, 1.82) is 0 Å². The minimum Gasteiger partial charge on any atom is -0.497 e. The highest BCUT2D eigenvalue weighted by Crippen LogP contribution is 2.20. The molecule has 118 valence electrons. The number of likely N-dealkylation sites (N-methyl/N-ethyl adjacent to an activating group) is 1. The van der Waals surface area contributed by atoms with Gasteiger partial charge in [-0.1, -0.05) is 0 Å². The van der Waals surface area contributed by atoms with Crippen molar-refractivity contribution in [1.82, 2.24) is 4.90 Å². The molecule has 1 aromatic carbocycles. The molecule has 0 amide bonds. The number of methoxy groups -OCH3 is 1. The number of nitrogens with zero attached hydrogens (tertiary/aromatic N) is 2. The zero-order valence-corrected chi connectivity index (χ0v) is 13.1. The van der Waals surface area contributed by atoms with Gasteiger partial charge in [-0.15, -0.1) is 0 Å². The number of anilines is 1. The van der Waals surface area contributed by atoms with Crippen LogP contribution in [0.1, 0.15) is 6.42 Å². The van der Waals surface area contributed by atoms with Gasteiger partial charge in [-0.05, 0) is 44.3 Å². The zero-order valence-electron chi connectivity index (χ0n) is 13.1. The molecule has 0 spiro atoms. The fourth-order valence-corrected chi connectivity index (χ4v) is 2.62. The average Bonchev–Trinajstić information content (AvgIpc) is 2.51. The van der Waals surface area contributed by atoms with E-state index in [9.17, 15) is 0 Å². The predicted octanol–water partition coefficient (Wildman–Crippen LogP) is 1.18. The van der Waals surface area contributed by atoms with Gasteiger partial charge >= 0.3 is 0 Å². The van der Waals surface area contributed by atoms with Crippen LogP contribution < -0.4 is 15.4 Å². The van der Waals surface area contributed by atoms with Gasteiger partial charge in [-0.3, -0.25) is 0 Å². The van der Waals surface area contributed by atoms with Crippen LogP contribution in [0.15, 0.2) is 24.3 Å². The van der Waals surface area contributed by atoms with E-state index >= 15 is 0 Å². The molecule has 5 heteroatoms. The molecule has 0 aromatic heterocycles. The molecule has 0 saturated carbocycles.